The van der Waals surface area contributed by atoms with Crippen LogP contribution in [0.3, 0.4) is 0 Å². The number of amides is 7. The Kier molecular flexibility index (Phi) is 19.8. The lowest BCUT2D eigenvalue weighted by atomic mass is 9.55. The molecule has 1 aromatic carbocycles. The Morgan fingerprint density at radius 2 is 1.47 bits per heavy atom. The normalized spacial score (nSPS) is 32.5. The number of methoxy groups -OCH3 is 1. The number of hydrogen-bond acceptors (Lipinski definition) is 20. The van der Waals surface area contributed by atoms with E-state index in [-0.39, 0.29) is 83.8 Å². The lowest BCUT2D eigenvalue weighted by molar-refractivity contribution is -0.124. The number of hydrogen-bond donors (Lipinski definition) is 12. The minimum absolute atomic E-state index is 0.0130. The zero-order valence-corrected chi connectivity index (χ0v) is 53.8. The van der Waals surface area contributed by atoms with Crippen molar-refractivity contribution < 1.29 is 71.8 Å². The van der Waals surface area contributed by atoms with Gasteiger partial charge in [-0.25, -0.2) is 4.57 Å². The third kappa shape index (κ3) is 13.1. The molecule has 1 unspecified atom stereocenters. The van der Waals surface area contributed by atoms with Crippen LogP contribution in [0.2, 0.25) is 0 Å². The van der Waals surface area contributed by atoms with E-state index in [2.05, 4.69) is 16.0 Å². The average Bonchev–Trinajstić information content (AvgIpc) is 1.53. The van der Waals surface area contributed by atoms with Gasteiger partial charge in [-0.3, -0.25) is 57.6 Å². The fraction of sp³-hybridized carbons (Fsp3) is 0.639. The van der Waals surface area contributed by atoms with E-state index in [1.54, 1.807) is 23.1 Å². The number of nitrogens with one attached hydrogen (secondary N) is 3. The van der Waals surface area contributed by atoms with Gasteiger partial charge in [-0.05, 0) is 82.7 Å². The van der Waals surface area contributed by atoms with Crippen LogP contribution in [0.25, 0.3) is 0 Å². The second-order valence-electron chi connectivity index (χ2n) is 26.7. The highest BCUT2D eigenvalue weighted by Gasteiger charge is 2.66. The Bertz CT molecular complexity index is 3350. The van der Waals surface area contributed by atoms with Crippen LogP contribution in [0.15, 0.2) is 67.5 Å². The zero-order valence-electron chi connectivity index (χ0n) is 52.9. The number of benzene rings is 1. The molecule has 1 aromatic rings. The number of ether oxygens (including phenoxy) is 2. The minimum Gasteiger partial charge on any atom is -0.497 e. The second-order valence-corrected chi connectivity index (χ2v) is 28.1. The molecule has 7 amide bonds. The number of carbonyl (C=O) groups excluding carboxylic acids is 7. The molecule has 8 bridgehead atoms. The van der Waals surface area contributed by atoms with Gasteiger partial charge in [-0.15, -0.1) is 0 Å². The molecule has 494 valence electrons. The lowest BCUT2D eigenvalue weighted by Gasteiger charge is -2.48. The van der Waals surface area contributed by atoms with Gasteiger partial charge in [-0.2, -0.15) is 0 Å². The summed E-state index contributed by atoms with van der Waals surface area (Å²) in [5, 5.41) is 31.4. The van der Waals surface area contributed by atoms with Crippen molar-refractivity contribution in [1.82, 2.24) is 10.6 Å². The summed E-state index contributed by atoms with van der Waals surface area (Å²) in [5.41, 5.74) is 35.5. The molecule has 2 fully saturated rings. The predicted octanol–water partition coefficient (Wildman–Crippen LogP) is 2.22. The van der Waals surface area contributed by atoms with Gasteiger partial charge in [0.15, 0.2) is 6.23 Å². The van der Waals surface area contributed by atoms with Crippen LogP contribution >= 0.6 is 7.82 Å². The van der Waals surface area contributed by atoms with Gasteiger partial charge in [0.05, 0.1) is 49.4 Å². The Hall–Kier alpha value is -7.07. The van der Waals surface area contributed by atoms with E-state index in [9.17, 15) is 53.2 Å². The number of rotatable bonds is 27. The van der Waals surface area contributed by atoms with Gasteiger partial charge in [0.25, 0.3) is 0 Å². The molecule has 18 N–H and O–H groups in total. The fourth-order valence-electron chi connectivity index (χ4n) is 15.5. The van der Waals surface area contributed by atoms with E-state index in [4.69, 9.17) is 67.9 Å². The first-order chi connectivity index (χ1) is 42.0. The molecule has 7 aliphatic rings. The number of primary amides is 6. The van der Waals surface area contributed by atoms with E-state index in [1.807, 2.05) is 61.5 Å². The number of aliphatic imine (C=N–C) groups is 3. The fourth-order valence-corrected chi connectivity index (χ4v) is 16.6. The van der Waals surface area contributed by atoms with E-state index < -0.39 is 143 Å². The van der Waals surface area contributed by atoms with E-state index in [0.717, 1.165) is 0 Å². The summed E-state index contributed by atoms with van der Waals surface area (Å²) in [6.07, 6.45) is -5.67. The van der Waals surface area contributed by atoms with Crippen molar-refractivity contribution in [2.45, 2.75) is 175 Å². The molecule has 0 spiro atoms. The monoisotopic (exact) mass is 1280 g/mol. The maximum Gasteiger partial charge on any atom is 0.472 e. The third-order valence-corrected chi connectivity index (χ3v) is 21.5. The highest BCUT2D eigenvalue weighted by molar-refractivity contribution is 7.47. The molecule has 28 nitrogen and oxygen atoms in total. The molecular formula is C61H90N13O15P. The maximum atomic E-state index is 14.4. The van der Waals surface area contributed by atoms with Crippen molar-refractivity contribution >= 4 is 77.7 Å². The molecule has 7 heterocycles. The van der Waals surface area contributed by atoms with Crippen LogP contribution in [-0.2, 0) is 51.9 Å². The van der Waals surface area contributed by atoms with E-state index in [1.165, 1.54) is 14.0 Å². The lowest BCUT2D eigenvalue weighted by Crippen LogP contribution is -2.56. The van der Waals surface area contributed by atoms with E-state index >= 15 is 0 Å². The molecule has 0 aromatic heterocycles. The number of carbonyl (C=O) groups is 7. The number of anilines is 2. The Balaban J connectivity index is 1.19. The summed E-state index contributed by atoms with van der Waals surface area (Å²) in [4.78, 5) is 123. The summed E-state index contributed by atoms with van der Waals surface area (Å²) in [5.74, 6) is -6.66. The number of aliphatic hydroxyl groups excluding tert-OH is 2. The van der Waals surface area contributed by atoms with Crippen LogP contribution in [0.1, 0.15) is 133 Å². The molecule has 0 saturated carbocycles. The van der Waals surface area contributed by atoms with Gasteiger partial charge in [0, 0.05) is 137 Å². The minimum atomic E-state index is -5.07. The second kappa shape index (κ2) is 25.9. The quantitative estimate of drug-likeness (QED) is 0.0562. The molecule has 0 aliphatic carbocycles. The summed E-state index contributed by atoms with van der Waals surface area (Å²) >= 11 is 0. The molecule has 2 saturated heterocycles. The Labute approximate surface area is 523 Å². The first kappa shape index (κ1) is 68.8. The molecule has 7 aliphatic heterocycles. The van der Waals surface area contributed by atoms with Crippen LogP contribution in [0, 0.1) is 45.3 Å². The average molecular weight is 1280 g/mol. The molecule has 0 radical (unpaired) electrons. The number of allylic oxidation sites excluding steroid dienone is 6. The smallest absolute Gasteiger partial charge is 0.472 e. The number of aliphatic hydroxyl groups is 2. The predicted molar refractivity (Wildman–Crippen MR) is 333 cm³/mol. The van der Waals surface area contributed by atoms with Gasteiger partial charge in [-0.1, -0.05) is 34.6 Å². The first-order valence-corrected chi connectivity index (χ1v) is 31.9. The number of phosphoric ester groups is 1. The summed E-state index contributed by atoms with van der Waals surface area (Å²) < 4.78 is 36.1. The van der Waals surface area contributed by atoms with Crippen LogP contribution in [0.4, 0.5) is 11.4 Å². The number of nitrogens with zero attached hydrogens (tertiary/aromatic N) is 4. The van der Waals surface area contributed by atoms with E-state index in [0.29, 0.717) is 62.5 Å². The van der Waals surface area contributed by atoms with Crippen molar-refractivity contribution in [1.29, 1.82) is 0 Å². The standard InChI is InChI=1S/C61H90N13O15P/c1-29(88-90(84,85)89-52-40(27-75)87-56(51(52)83)74-28-69-37-15-11-32(86-10)21-39(37)74)26-68-48(82)19-20-58(6)36(22-45(65)79)55-61(9)60(8,25-47(67)81)35(14-18-44(64)78)50(73-61)31(3)54-59(7,24-46(66)80)33(12-16-42(62)76)38(70-54)23-41-57(4,5)34(13-17-43(63)77)49(71-41)30(2)53(58)72-55/h11,15,21,23,29,33-36,40,51-52,55-56,69-70,75,83H,12-14,16-20,22,24-28H2,1-10H3,(H2,62,76)(H2,63,77)(H2,64,78)(H2,65,79)(H2,66,80)(H2,67,81)(H,68,82)(H,84,85)/t29-,33-,34-,35-,36+,40-,51-,52-,55-,56+,58-,59+,60+,61+/m1/s1. The Morgan fingerprint density at radius 3 is 2.06 bits per heavy atom. The van der Waals surface area contributed by atoms with Crippen LogP contribution in [0.5, 0.6) is 5.75 Å². The number of phosphoric acid groups is 1. The summed E-state index contributed by atoms with van der Waals surface area (Å²) in [6.45, 7) is 15.6. The Morgan fingerprint density at radius 1 is 0.844 bits per heavy atom. The van der Waals surface area contributed by atoms with Crippen LogP contribution < -0.4 is 60.0 Å². The number of fused-ring (bicyclic) bond motifs is 7. The molecule has 90 heavy (non-hydrogen) atoms. The van der Waals surface area contributed by atoms with Gasteiger partial charge < -0.3 is 79.8 Å². The van der Waals surface area contributed by atoms with Crippen molar-refractivity contribution in [3.63, 3.8) is 0 Å². The first-order valence-electron chi connectivity index (χ1n) is 30.4. The van der Waals surface area contributed by atoms with Gasteiger partial charge in [0.1, 0.15) is 24.1 Å². The maximum absolute atomic E-state index is 14.4. The summed E-state index contributed by atoms with van der Waals surface area (Å²) in [6, 6.07) is 4.21. The highest BCUT2D eigenvalue weighted by atomic mass is 31.2. The van der Waals surface area contributed by atoms with Crippen LogP contribution in [-0.4, -0.2) is 143 Å². The van der Waals surface area contributed by atoms with Crippen molar-refractivity contribution in [3.8, 4) is 5.75 Å². The molecule has 8 rings (SSSR count). The molecular weight excluding hydrogens is 1190 g/mol. The summed E-state index contributed by atoms with van der Waals surface area (Å²) in [7, 11) is -3.57. The van der Waals surface area contributed by atoms with Crippen molar-refractivity contribution in [2.75, 3.05) is 37.1 Å². The molecule has 15 atom stereocenters. The highest BCUT2D eigenvalue weighted by Crippen LogP contribution is 2.63. The zero-order chi connectivity index (χ0) is 66.5. The topological polar surface area (TPSA) is 467 Å². The van der Waals surface area contributed by atoms with Gasteiger partial charge in [0.2, 0.25) is 41.4 Å². The molecule has 29 heteroatoms. The van der Waals surface area contributed by atoms with Crippen molar-refractivity contribution in [2.24, 2.45) is 94.7 Å². The van der Waals surface area contributed by atoms with Crippen molar-refractivity contribution in [3.05, 3.63) is 52.5 Å². The largest absolute Gasteiger partial charge is 0.497 e. The SMILES string of the molecule is COc1ccc2c(c1)N([C@H]1O[C@H](CO)[C@@H](OP(=O)(O)O[C@H](C)CNC(=O)CC[C@@]3(C)C4=N[C@H]([C@@H]3CC(N)=O)[C@]3(C)N=C(C(C)=C5NC(=CC6=NC(=C4C)[C@@H](CCC(N)=O)C6(C)C)[C@@H](CCC(N)=O)[C@]5(C)CC(N)=O)[C@@H](CCC(N)=O)[C@]3(C)CC(N)=O)[C@H]1O)CN2. The third-order valence-electron chi connectivity index (χ3n) is 20.4. The number of nitrogens with two attached hydrogens (primary N) is 6. The van der Waals surface area contributed by atoms with Gasteiger partial charge >= 0.3 is 7.82 Å².